The molecule has 0 aliphatic heterocycles. The Morgan fingerprint density at radius 1 is 1.18 bits per heavy atom. The van der Waals surface area contributed by atoms with Gasteiger partial charge >= 0.3 is 0 Å². The standard InChI is InChI=1S/C12H9Br2ClOS/c13-11-3-1-9(5-8(11)6-15)16-7-10-2-4-12(14)17-10/h1-5H,6-7H2. The molecule has 1 nitrogen and oxygen atoms in total. The highest BCUT2D eigenvalue weighted by Crippen LogP contribution is 2.26. The Kier molecular flexibility index (Phi) is 4.91. The zero-order chi connectivity index (χ0) is 12.3. The molecule has 0 amide bonds. The van der Waals surface area contributed by atoms with Gasteiger partial charge in [-0.05, 0) is 51.8 Å². The van der Waals surface area contributed by atoms with Gasteiger partial charge in [0.2, 0.25) is 0 Å². The van der Waals surface area contributed by atoms with E-state index in [0.717, 1.165) is 19.6 Å². The second-order valence-corrected chi connectivity index (χ2v) is 7.05. The monoisotopic (exact) mass is 394 g/mol. The Bertz CT molecular complexity index is 513. The normalized spacial score (nSPS) is 10.5. The van der Waals surface area contributed by atoms with Gasteiger partial charge in [0.25, 0.3) is 0 Å². The van der Waals surface area contributed by atoms with Gasteiger partial charge in [0.1, 0.15) is 12.4 Å². The van der Waals surface area contributed by atoms with Crippen molar-refractivity contribution >= 4 is 54.8 Å². The van der Waals surface area contributed by atoms with Gasteiger partial charge in [-0.1, -0.05) is 15.9 Å². The van der Waals surface area contributed by atoms with Crippen LogP contribution in [0.2, 0.25) is 0 Å². The number of rotatable bonds is 4. The van der Waals surface area contributed by atoms with E-state index < -0.39 is 0 Å². The summed E-state index contributed by atoms with van der Waals surface area (Å²) in [5.74, 6) is 1.32. The molecule has 0 spiro atoms. The number of alkyl halides is 1. The molecule has 0 radical (unpaired) electrons. The Hall–Kier alpha value is -0.0300. The van der Waals surface area contributed by atoms with Gasteiger partial charge in [0.15, 0.2) is 0 Å². The molecule has 0 N–H and O–H groups in total. The van der Waals surface area contributed by atoms with Gasteiger partial charge in [0.05, 0.1) is 3.79 Å². The lowest BCUT2D eigenvalue weighted by atomic mass is 10.2. The number of halogens is 3. The average molecular weight is 397 g/mol. The zero-order valence-electron chi connectivity index (χ0n) is 8.75. The first-order chi connectivity index (χ1) is 8.19. The molecule has 90 valence electrons. The summed E-state index contributed by atoms with van der Waals surface area (Å²) in [6, 6.07) is 9.92. The van der Waals surface area contributed by atoms with Gasteiger partial charge in [-0.2, -0.15) is 0 Å². The molecule has 17 heavy (non-hydrogen) atoms. The van der Waals surface area contributed by atoms with Crippen molar-refractivity contribution in [3.8, 4) is 5.75 Å². The summed E-state index contributed by atoms with van der Waals surface area (Å²) in [7, 11) is 0. The van der Waals surface area contributed by atoms with Crippen LogP contribution in [0.3, 0.4) is 0 Å². The van der Waals surface area contributed by atoms with Crippen molar-refractivity contribution in [2.24, 2.45) is 0 Å². The third-order valence-electron chi connectivity index (χ3n) is 2.17. The van der Waals surface area contributed by atoms with E-state index in [9.17, 15) is 0 Å². The van der Waals surface area contributed by atoms with Crippen LogP contribution in [-0.4, -0.2) is 0 Å². The summed E-state index contributed by atoms with van der Waals surface area (Å²) in [5, 5.41) is 0. The number of benzene rings is 1. The molecule has 2 rings (SSSR count). The van der Waals surface area contributed by atoms with Gasteiger partial charge in [0, 0.05) is 15.2 Å². The SMILES string of the molecule is ClCc1cc(OCc2ccc(Br)s2)ccc1Br. The lowest BCUT2D eigenvalue weighted by Gasteiger charge is -2.07. The molecular formula is C12H9Br2ClOS. The van der Waals surface area contributed by atoms with Crippen LogP contribution in [0.15, 0.2) is 38.6 Å². The van der Waals surface area contributed by atoms with Gasteiger partial charge in [-0.15, -0.1) is 22.9 Å². The first-order valence-corrected chi connectivity index (χ1v) is 7.84. The van der Waals surface area contributed by atoms with Gasteiger partial charge in [-0.3, -0.25) is 0 Å². The van der Waals surface area contributed by atoms with E-state index in [4.69, 9.17) is 16.3 Å². The highest BCUT2D eigenvalue weighted by molar-refractivity contribution is 9.11. The molecule has 0 saturated heterocycles. The Balaban J connectivity index is 2.04. The second kappa shape index (κ2) is 6.23. The Morgan fingerprint density at radius 3 is 2.65 bits per heavy atom. The highest BCUT2D eigenvalue weighted by Gasteiger charge is 2.03. The average Bonchev–Trinajstić information content (AvgIpc) is 2.74. The summed E-state index contributed by atoms with van der Waals surface area (Å²) in [6.45, 7) is 0.583. The van der Waals surface area contributed by atoms with Crippen LogP contribution >= 0.6 is 54.8 Å². The van der Waals surface area contributed by atoms with Gasteiger partial charge in [-0.25, -0.2) is 0 Å². The largest absolute Gasteiger partial charge is 0.488 e. The van der Waals surface area contributed by atoms with Crippen LogP contribution in [0.4, 0.5) is 0 Å². The molecule has 0 atom stereocenters. The maximum absolute atomic E-state index is 5.83. The smallest absolute Gasteiger partial charge is 0.122 e. The van der Waals surface area contributed by atoms with Crippen molar-refractivity contribution in [2.75, 3.05) is 0 Å². The fraction of sp³-hybridized carbons (Fsp3) is 0.167. The van der Waals surface area contributed by atoms with Crippen LogP contribution in [0.5, 0.6) is 5.75 Å². The van der Waals surface area contributed by atoms with E-state index in [-0.39, 0.29) is 0 Å². The van der Waals surface area contributed by atoms with Gasteiger partial charge < -0.3 is 4.74 Å². The molecular weight excluding hydrogens is 387 g/mol. The number of ether oxygens (including phenoxy) is 1. The lowest BCUT2D eigenvalue weighted by molar-refractivity contribution is 0.309. The van der Waals surface area contributed by atoms with Crippen molar-refractivity contribution in [3.63, 3.8) is 0 Å². The minimum Gasteiger partial charge on any atom is -0.488 e. The molecule has 0 aliphatic carbocycles. The molecule has 0 saturated carbocycles. The molecule has 0 bridgehead atoms. The molecule has 0 unspecified atom stereocenters. The topological polar surface area (TPSA) is 9.23 Å². The minimum atomic E-state index is 0.475. The van der Waals surface area contributed by atoms with Crippen molar-refractivity contribution in [2.45, 2.75) is 12.5 Å². The first-order valence-electron chi connectivity index (χ1n) is 4.90. The number of hydrogen-bond acceptors (Lipinski definition) is 2. The molecule has 2 aromatic rings. The third-order valence-corrected chi connectivity index (χ3v) is 4.83. The van der Waals surface area contributed by atoms with Crippen LogP contribution in [0, 0.1) is 0 Å². The predicted octanol–water partition coefficient (Wildman–Crippen LogP) is 5.59. The van der Waals surface area contributed by atoms with Crippen LogP contribution in [0.1, 0.15) is 10.4 Å². The van der Waals surface area contributed by atoms with Crippen molar-refractivity contribution < 1.29 is 4.74 Å². The van der Waals surface area contributed by atoms with Crippen LogP contribution < -0.4 is 4.74 Å². The summed E-state index contributed by atoms with van der Waals surface area (Å²) < 4.78 is 7.84. The second-order valence-electron chi connectivity index (χ2n) is 3.38. The lowest BCUT2D eigenvalue weighted by Crippen LogP contribution is -1.93. The van der Waals surface area contributed by atoms with Crippen molar-refractivity contribution in [3.05, 3.63) is 49.0 Å². The zero-order valence-corrected chi connectivity index (χ0v) is 13.5. The Morgan fingerprint density at radius 2 is 2.00 bits per heavy atom. The maximum Gasteiger partial charge on any atom is 0.122 e. The summed E-state index contributed by atoms with van der Waals surface area (Å²) in [6.07, 6.45) is 0. The van der Waals surface area contributed by atoms with Crippen molar-refractivity contribution in [1.82, 2.24) is 0 Å². The third kappa shape index (κ3) is 3.71. The maximum atomic E-state index is 5.83. The van der Waals surface area contributed by atoms with E-state index in [1.807, 2.05) is 24.3 Å². The minimum absolute atomic E-state index is 0.475. The number of thiophene rings is 1. The quantitative estimate of drug-likeness (QED) is 0.612. The van der Waals surface area contributed by atoms with Crippen LogP contribution in [0.25, 0.3) is 0 Å². The molecule has 1 aromatic carbocycles. The highest BCUT2D eigenvalue weighted by atomic mass is 79.9. The summed E-state index contributed by atoms with van der Waals surface area (Å²) in [5.41, 5.74) is 1.04. The first kappa shape index (κ1) is 13.4. The molecule has 0 fully saturated rings. The molecule has 0 aliphatic rings. The van der Waals surface area contributed by atoms with Crippen LogP contribution in [-0.2, 0) is 12.5 Å². The summed E-state index contributed by atoms with van der Waals surface area (Å²) >= 11 is 14.4. The fourth-order valence-corrected chi connectivity index (χ4v) is 3.49. The molecule has 1 aromatic heterocycles. The van der Waals surface area contributed by atoms with E-state index in [1.165, 1.54) is 4.88 Å². The van der Waals surface area contributed by atoms with E-state index in [2.05, 4.69) is 37.9 Å². The Labute approximate surface area is 126 Å². The fourth-order valence-electron chi connectivity index (χ4n) is 1.33. The van der Waals surface area contributed by atoms with Crippen molar-refractivity contribution in [1.29, 1.82) is 0 Å². The summed E-state index contributed by atoms with van der Waals surface area (Å²) in [4.78, 5) is 1.19. The predicted molar refractivity (Wildman–Crippen MR) is 80.1 cm³/mol. The number of hydrogen-bond donors (Lipinski definition) is 0. The van der Waals surface area contributed by atoms with E-state index in [0.29, 0.717) is 12.5 Å². The van der Waals surface area contributed by atoms with E-state index in [1.54, 1.807) is 11.3 Å². The molecule has 5 heteroatoms. The van der Waals surface area contributed by atoms with E-state index >= 15 is 0 Å². The molecule has 1 heterocycles.